The number of guanidine groups is 1. The Hall–Kier alpha value is -1.61. The summed E-state index contributed by atoms with van der Waals surface area (Å²) >= 11 is 0. The van der Waals surface area contributed by atoms with Crippen molar-refractivity contribution in [1.82, 2.24) is 25.3 Å². The monoisotopic (exact) mass is 526 g/mol. The number of nitrogens with zero attached hydrogens (tertiary/aromatic N) is 4. The summed E-state index contributed by atoms with van der Waals surface area (Å²) < 4.78 is 1.97. The molecule has 0 aliphatic rings. The van der Waals surface area contributed by atoms with Gasteiger partial charge >= 0.3 is 0 Å². The van der Waals surface area contributed by atoms with Gasteiger partial charge in [-0.2, -0.15) is 5.10 Å². The van der Waals surface area contributed by atoms with E-state index in [9.17, 15) is 0 Å². The van der Waals surface area contributed by atoms with Gasteiger partial charge in [0.05, 0.1) is 19.3 Å². The molecule has 2 aromatic rings. The first-order valence-corrected chi connectivity index (χ1v) is 11.0. The predicted molar refractivity (Wildman–Crippen MR) is 138 cm³/mol. The minimum atomic E-state index is 0. The van der Waals surface area contributed by atoms with Crippen LogP contribution in [0.4, 0.5) is 0 Å². The number of aromatic nitrogens is 2. The lowest BCUT2D eigenvalue weighted by atomic mass is 10.2. The van der Waals surface area contributed by atoms with Crippen LogP contribution in [0.5, 0.6) is 0 Å². The Morgan fingerprint density at radius 1 is 1.13 bits per heavy atom. The highest BCUT2D eigenvalue weighted by Crippen LogP contribution is 2.05. The summed E-state index contributed by atoms with van der Waals surface area (Å²) in [5, 5.41) is 11.4. The second kappa shape index (κ2) is 15.2. The largest absolute Gasteiger partial charge is 0.357 e. The van der Waals surface area contributed by atoms with Crippen LogP contribution in [0.15, 0.2) is 47.7 Å². The normalized spacial score (nSPS) is 12.5. The number of benzene rings is 1. The van der Waals surface area contributed by atoms with Crippen molar-refractivity contribution in [2.24, 2.45) is 4.99 Å². The second-order valence-electron chi connectivity index (χ2n) is 7.44. The zero-order valence-corrected chi connectivity index (χ0v) is 21.3. The van der Waals surface area contributed by atoms with Gasteiger partial charge in [0.25, 0.3) is 0 Å². The zero-order chi connectivity index (χ0) is 20.9. The Kier molecular flexibility index (Phi) is 13.4. The van der Waals surface area contributed by atoms with E-state index in [0.29, 0.717) is 12.6 Å². The molecule has 168 valence electrons. The topological polar surface area (TPSA) is 57.5 Å². The molecular formula is C23H39IN6. The van der Waals surface area contributed by atoms with E-state index in [-0.39, 0.29) is 24.0 Å². The minimum absolute atomic E-state index is 0. The van der Waals surface area contributed by atoms with Gasteiger partial charge in [-0.1, -0.05) is 44.2 Å². The maximum atomic E-state index is 4.75. The Balaban J connectivity index is 0.00000450. The fraction of sp³-hybridized carbons (Fsp3) is 0.565. The highest BCUT2D eigenvalue weighted by Gasteiger charge is 2.07. The van der Waals surface area contributed by atoms with Crippen molar-refractivity contribution in [3.05, 3.63) is 53.9 Å². The van der Waals surface area contributed by atoms with Gasteiger partial charge in [0.15, 0.2) is 5.96 Å². The molecule has 1 atom stereocenters. The molecule has 0 saturated heterocycles. The predicted octanol–water partition coefficient (Wildman–Crippen LogP) is 4.12. The Bertz CT molecular complexity index is 711. The highest BCUT2D eigenvalue weighted by atomic mass is 127. The molecule has 0 fully saturated rings. The van der Waals surface area contributed by atoms with Crippen LogP contribution in [0.3, 0.4) is 0 Å². The summed E-state index contributed by atoms with van der Waals surface area (Å²) in [6.45, 7) is 14.4. The van der Waals surface area contributed by atoms with Crippen molar-refractivity contribution in [3.8, 4) is 0 Å². The van der Waals surface area contributed by atoms with Crippen LogP contribution in [-0.2, 0) is 13.1 Å². The standard InChI is InChI=1S/C23H38N6.HI/c1-5-24-23(27-20(4)12-11-15-28(6-2)7-3)25-16-22-17-26-29(19-22)18-21-13-9-8-10-14-21;/h8-10,13-14,17,19-20H,5-7,11-12,15-16,18H2,1-4H3,(H2,24,25,27);1H. The average molecular weight is 527 g/mol. The van der Waals surface area contributed by atoms with Crippen LogP contribution < -0.4 is 10.6 Å². The second-order valence-corrected chi connectivity index (χ2v) is 7.44. The molecule has 1 unspecified atom stereocenters. The summed E-state index contributed by atoms with van der Waals surface area (Å²) in [5.74, 6) is 0.874. The van der Waals surface area contributed by atoms with E-state index in [0.717, 1.165) is 50.7 Å². The molecular weight excluding hydrogens is 487 g/mol. The van der Waals surface area contributed by atoms with Crippen molar-refractivity contribution < 1.29 is 0 Å². The Labute approximate surface area is 199 Å². The fourth-order valence-corrected chi connectivity index (χ4v) is 3.30. The summed E-state index contributed by atoms with van der Waals surface area (Å²) in [7, 11) is 0. The molecule has 2 N–H and O–H groups in total. The first kappa shape index (κ1) is 26.4. The van der Waals surface area contributed by atoms with Crippen molar-refractivity contribution in [1.29, 1.82) is 0 Å². The molecule has 30 heavy (non-hydrogen) atoms. The van der Waals surface area contributed by atoms with E-state index in [1.54, 1.807) is 0 Å². The van der Waals surface area contributed by atoms with Gasteiger partial charge in [0, 0.05) is 24.3 Å². The van der Waals surface area contributed by atoms with Gasteiger partial charge in [-0.25, -0.2) is 4.99 Å². The van der Waals surface area contributed by atoms with Gasteiger partial charge in [-0.05, 0) is 51.9 Å². The first-order valence-electron chi connectivity index (χ1n) is 11.0. The number of nitrogens with one attached hydrogen (secondary N) is 2. The van der Waals surface area contributed by atoms with Gasteiger partial charge in [-0.15, -0.1) is 24.0 Å². The Morgan fingerprint density at radius 3 is 2.53 bits per heavy atom. The molecule has 0 aliphatic heterocycles. The van der Waals surface area contributed by atoms with Gasteiger partial charge < -0.3 is 15.5 Å². The van der Waals surface area contributed by atoms with Crippen LogP contribution in [-0.4, -0.2) is 52.9 Å². The number of aliphatic imine (C=N–C) groups is 1. The van der Waals surface area contributed by atoms with E-state index < -0.39 is 0 Å². The molecule has 1 heterocycles. The van der Waals surface area contributed by atoms with Crippen LogP contribution in [0.25, 0.3) is 0 Å². The molecule has 7 heteroatoms. The highest BCUT2D eigenvalue weighted by molar-refractivity contribution is 14.0. The lowest BCUT2D eigenvalue weighted by Crippen LogP contribution is -2.42. The van der Waals surface area contributed by atoms with Gasteiger partial charge in [0.1, 0.15) is 0 Å². The molecule has 2 rings (SSSR count). The molecule has 1 aromatic carbocycles. The lowest BCUT2D eigenvalue weighted by Gasteiger charge is -2.21. The third kappa shape index (κ3) is 9.93. The molecule has 6 nitrogen and oxygen atoms in total. The van der Waals surface area contributed by atoms with Crippen LogP contribution in [0, 0.1) is 0 Å². The maximum absolute atomic E-state index is 4.75. The van der Waals surface area contributed by atoms with Crippen molar-refractivity contribution in [2.45, 2.75) is 59.7 Å². The van der Waals surface area contributed by atoms with E-state index in [4.69, 9.17) is 4.99 Å². The maximum Gasteiger partial charge on any atom is 0.191 e. The molecule has 0 aliphatic carbocycles. The molecule has 0 spiro atoms. The van der Waals surface area contributed by atoms with Gasteiger partial charge in [-0.3, -0.25) is 4.68 Å². The number of halogens is 1. The summed E-state index contributed by atoms with van der Waals surface area (Å²) in [5.41, 5.74) is 2.37. The smallest absolute Gasteiger partial charge is 0.191 e. The quantitative estimate of drug-likeness (QED) is 0.248. The van der Waals surface area contributed by atoms with Crippen LogP contribution in [0.2, 0.25) is 0 Å². The molecule has 0 radical (unpaired) electrons. The molecule has 0 bridgehead atoms. The minimum Gasteiger partial charge on any atom is -0.357 e. The third-order valence-electron chi connectivity index (χ3n) is 5.03. The lowest BCUT2D eigenvalue weighted by molar-refractivity contribution is 0.292. The van der Waals surface area contributed by atoms with Crippen LogP contribution in [0.1, 0.15) is 51.7 Å². The SMILES string of the molecule is CCNC(=NCc1cnn(Cc2ccccc2)c1)NC(C)CCCN(CC)CC.I. The van der Waals surface area contributed by atoms with E-state index in [1.165, 1.54) is 12.0 Å². The number of rotatable bonds is 12. The first-order chi connectivity index (χ1) is 14.1. The average Bonchev–Trinajstić information content (AvgIpc) is 3.17. The molecule has 0 amide bonds. The Morgan fingerprint density at radius 2 is 1.87 bits per heavy atom. The van der Waals surface area contributed by atoms with E-state index in [2.05, 4.69) is 78.8 Å². The molecule has 0 saturated carbocycles. The van der Waals surface area contributed by atoms with E-state index in [1.807, 2.05) is 16.9 Å². The van der Waals surface area contributed by atoms with Gasteiger partial charge in [0.2, 0.25) is 0 Å². The van der Waals surface area contributed by atoms with Crippen molar-refractivity contribution in [2.75, 3.05) is 26.2 Å². The third-order valence-corrected chi connectivity index (χ3v) is 5.03. The summed E-state index contributed by atoms with van der Waals surface area (Å²) in [6, 6.07) is 10.8. The summed E-state index contributed by atoms with van der Waals surface area (Å²) in [6.07, 6.45) is 6.31. The number of hydrogen-bond donors (Lipinski definition) is 2. The zero-order valence-electron chi connectivity index (χ0n) is 19.0. The van der Waals surface area contributed by atoms with Crippen LogP contribution >= 0.6 is 24.0 Å². The summed E-state index contributed by atoms with van der Waals surface area (Å²) in [4.78, 5) is 7.22. The van der Waals surface area contributed by atoms with Crippen molar-refractivity contribution in [3.63, 3.8) is 0 Å². The fourth-order valence-electron chi connectivity index (χ4n) is 3.30. The number of hydrogen-bond acceptors (Lipinski definition) is 3. The van der Waals surface area contributed by atoms with Crippen molar-refractivity contribution >= 4 is 29.9 Å². The molecule has 1 aromatic heterocycles. The van der Waals surface area contributed by atoms with E-state index >= 15 is 0 Å².